The first-order valence-corrected chi connectivity index (χ1v) is 11.2. The largest absolute Gasteiger partial charge is 0.452 e. The Balaban J connectivity index is 2.00. The first-order valence-electron chi connectivity index (χ1n) is 9.00. The molecule has 2 rings (SSSR count). The summed E-state index contributed by atoms with van der Waals surface area (Å²) in [6.07, 6.45) is 0. The van der Waals surface area contributed by atoms with Gasteiger partial charge >= 0.3 is 5.97 Å². The molecule has 0 spiro atoms. The summed E-state index contributed by atoms with van der Waals surface area (Å²) >= 11 is 11.9. The molecule has 2 aromatic rings. The molecule has 0 saturated carbocycles. The van der Waals surface area contributed by atoms with E-state index in [0.29, 0.717) is 23.8 Å². The van der Waals surface area contributed by atoms with Gasteiger partial charge in [0.05, 0.1) is 26.2 Å². The maximum Gasteiger partial charge on any atom is 0.338 e. The highest BCUT2D eigenvalue weighted by atomic mass is 35.5. The molecule has 162 valence electrons. The van der Waals surface area contributed by atoms with Crippen molar-refractivity contribution in [2.75, 3.05) is 25.0 Å². The highest BCUT2D eigenvalue weighted by Crippen LogP contribution is 2.25. The van der Waals surface area contributed by atoms with Crippen molar-refractivity contribution in [2.45, 2.75) is 25.7 Å². The third-order valence-corrected chi connectivity index (χ3v) is 6.87. The number of anilines is 1. The van der Waals surface area contributed by atoms with Crippen molar-refractivity contribution in [3.05, 3.63) is 51.6 Å². The number of carbonyl (C=O) groups is 2. The van der Waals surface area contributed by atoms with E-state index >= 15 is 0 Å². The highest BCUT2D eigenvalue weighted by molar-refractivity contribution is 7.89. The lowest BCUT2D eigenvalue weighted by molar-refractivity contribution is -0.119. The van der Waals surface area contributed by atoms with Crippen LogP contribution in [-0.4, -0.2) is 49.3 Å². The zero-order chi connectivity index (χ0) is 22.5. The van der Waals surface area contributed by atoms with Crippen molar-refractivity contribution in [3.8, 4) is 0 Å². The molecule has 1 N–H and O–H groups in total. The number of nitrogens with zero attached hydrogens (tertiary/aromatic N) is 2. The number of pyridine rings is 1. The van der Waals surface area contributed by atoms with E-state index in [9.17, 15) is 18.0 Å². The third-order valence-electron chi connectivity index (χ3n) is 4.13. The van der Waals surface area contributed by atoms with Crippen LogP contribution in [-0.2, 0) is 19.6 Å². The molecule has 1 aromatic carbocycles. The van der Waals surface area contributed by atoms with Gasteiger partial charge in [0.25, 0.3) is 5.91 Å². The molecule has 30 heavy (non-hydrogen) atoms. The molecule has 1 aromatic heterocycles. The molecule has 0 unspecified atom stereocenters. The van der Waals surface area contributed by atoms with E-state index in [0.717, 1.165) is 0 Å². The van der Waals surface area contributed by atoms with E-state index in [1.807, 2.05) is 0 Å². The molecule has 0 aliphatic carbocycles. The maximum atomic E-state index is 12.5. The highest BCUT2D eigenvalue weighted by Gasteiger charge is 2.22. The van der Waals surface area contributed by atoms with Crippen LogP contribution in [0.5, 0.6) is 0 Å². The van der Waals surface area contributed by atoms with Crippen LogP contribution < -0.4 is 5.32 Å². The van der Waals surface area contributed by atoms with Crippen LogP contribution in [0.25, 0.3) is 0 Å². The number of hydrogen-bond acceptors (Lipinski definition) is 6. The minimum atomic E-state index is -3.63. The van der Waals surface area contributed by atoms with Crippen molar-refractivity contribution in [1.82, 2.24) is 9.29 Å². The Morgan fingerprint density at radius 3 is 2.27 bits per heavy atom. The Kier molecular flexibility index (Phi) is 8.19. The quantitative estimate of drug-likeness (QED) is 0.587. The Morgan fingerprint density at radius 1 is 1.10 bits per heavy atom. The van der Waals surface area contributed by atoms with Gasteiger partial charge in [-0.05, 0) is 37.3 Å². The van der Waals surface area contributed by atoms with Crippen molar-refractivity contribution in [1.29, 1.82) is 0 Å². The van der Waals surface area contributed by atoms with Gasteiger partial charge in [0.1, 0.15) is 0 Å². The molecule has 8 nitrogen and oxygen atoms in total. The number of ether oxygens (including phenoxy) is 1. The summed E-state index contributed by atoms with van der Waals surface area (Å²) in [6.45, 7) is 5.24. The van der Waals surface area contributed by atoms with E-state index in [1.54, 1.807) is 20.8 Å². The van der Waals surface area contributed by atoms with Gasteiger partial charge in [-0.3, -0.25) is 4.79 Å². The lowest BCUT2D eigenvalue weighted by atomic mass is 10.2. The minimum Gasteiger partial charge on any atom is -0.452 e. The van der Waals surface area contributed by atoms with Crippen LogP contribution >= 0.6 is 23.2 Å². The third kappa shape index (κ3) is 5.69. The Morgan fingerprint density at radius 2 is 1.70 bits per heavy atom. The SMILES string of the molecule is CCN(CC)S(=O)(=O)c1ccc(C(=O)OCC(=O)Nc2nc(C)c(Cl)cc2Cl)cc1. The van der Waals surface area contributed by atoms with E-state index in [4.69, 9.17) is 27.9 Å². The van der Waals surface area contributed by atoms with Crippen LogP contribution in [0.15, 0.2) is 35.2 Å². The summed E-state index contributed by atoms with van der Waals surface area (Å²) in [5.41, 5.74) is 0.591. The molecule has 0 aliphatic heterocycles. The van der Waals surface area contributed by atoms with Gasteiger partial charge in [-0.25, -0.2) is 18.2 Å². The summed E-state index contributed by atoms with van der Waals surface area (Å²) in [4.78, 5) is 28.3. The molecule has 0 saturated heterocycles. The number of sulfonamides is 1. The molecule has 1 amide bonds. The predicted octanol–water partition coefficient (Wildman–Crippen LogP) is 3.52. The number of aryl methyl sites for hydroxylation is 1. The van der Waals surface area contributed by atoms with Gasteiger partial charge in [0.2, 0.25) is 10.0 Å². The van der Waals surface area contributed by atoms with Gasteiger partial charge in [-0.2, -0.15) is 4.31 Å². The number of rotatable bonds is 8. The predicted molar refractivity (Wildman–Crippen MR) is 114 cm³/mol. The van der Waals surface area contributed by atoms with E-state index in [-0.39, 0.29) is 21.3 Å². The fraction of sp³-hybridized carbons (Fsp3) is 0.316. The number of halogens is 2. The van der Waals surface area contributed by atoms with Crippen LogP contribution in [0.4, 0.5) is 5.82 Å². The van der Waals surface area contributed by atoms with E-state index < -0.39 is 28.5 Å². The first-order chi connectivity index (χ1) is 14.1. The molecular formula is C19H21Cl2N3O5S. The van der Waals surface area contributed by atoms with E-state index in [1.165, 1.54) is 34.6 Å². The summed E-state index contributed by atoms with van der Waals surface area (Å²) in [6, 6.07) is 6.76. The van der Waals surface area contributed by atoms with Gasteiger partial charge in [0, 0.05) is 13.1 Å². The minimum absolute atomic E-state index is 0.0688. The number of aromatic nitrogens is 1. The number of hydrogen-bond donors (Lipinski definition) is 1. The molecule has 0 bridgehead atoms. The van der Waals surface area contributed by atoms with Crippen LogP contribution in [0.1, 0.15) is 29.9 Å². The Bertz CT molecular complexity index is 1040. The van der Waals surface area contributed by atoms with Gasteiger partial charge in [0.15, 0.2) is 12.4 Å². The van der Waals surface area contributed by atoms with Crippen LogP contribution in [0.2, 0.25) is 10.0 Å². The fourth-order valence-corrected chi connectivity index (χ4v) is 4.37. The molecule has 1 heterocycles. The second kappa shape index (κ2) is 10.2. The van der Waals surface area contributed by atoms with Gasteiger partial charge < -0.3 is 10.1 Å². The number of nitrogens with one attached hydrogen (secondary N) is 1. The normalized spacial score (nSPS) is 11.4. The molecule has 0 fully saturated rings. The molecule has 0 atom stereocenters. The second-order valence-corrected chi connectivity index (χ2v) is 8.88. The summed E-state index contributed by atoms with van der Waals surface area (Å²) in [7, 11) is -3.63. The number of benzene rings is 1. The lowest BCUT2D eigenvalue weighted by Gasteiger charge is -2.18. The van der Waals surface area contributed by atoms with Crippen LogP contribution in [0, 0.1) is 6.92 Å². The van der Waals surface area contributed by atoms with Crippen LogP contribution in [0.3, 0.4) is 0 Å². The monoisotopic (exact) mass is 473 g/mol. The maximum absolute atomic E-state index is 12.5. The summed E-state index contributed by atoms with van der Waals surface area (Å²) < 4.78 is 31.2. The second-order valence-electron chi connectivity index (χ2n) is 6.12. The molecular weight excluding hydrogens is 453 g/mol. The molecule has 0 radical (unpaired) electrons. The first kappa shape index (κ1) is 24.1. The average Bonchev–Trinajstić information content (AvgIpc) is 2.71. The molecule has 11 heteroatoms. The van der Waals surface area contributed by atoms with Crippen molar-refractivity contribution in [2.24, 2.45) is 0 Å². The smallest absolute Gasteiger partial charge is 0.338 e. The number of amides is 1. The topological polar surface area (TPSA) is 106 Å². The zero-order valence-electron chi connectivity index (χ0n) is 16.6. The summed E-state index contributed by atoms with van der Waals surface area (Å²) in [5, 5.41) is 2.94. The van der Waals surface area contributed by atoms with Crippen molar-refractivity contribution < 1.29 is 22.7 Å². The standard InChI is InChI=1S/C19H21Cl2N3O5S/c1-4-24(5-2)30(27,28)14-8-6-13(7-9-14)19(26)29-11-17(25)23-18-16(21)10-15(20)12(3)22-18/h6-10H,4-5,11H2,1-3H3,(H,22,23,25). The zero-order valence-corrected chi connectivity index (χ0v) is 18.9. The van der Waals surface area contributed by atoms with Gasteiger partial charge in [-0.1, -0.05) is 37.0 Å². The number of carbonyl (C=O) groups excluding carboxylic acids is 2. The molecule has 0 aliphatic rings. The van der Waals surface area contributed by atoms with Crippen molar-refractivity contribution >= 4 is 50.9 Å². The van der Waals surface area contributed by atoms with Crippen molar-refractivity contribution in [3.63, 3.8) is 0 Å². The average molecular weight is 474 g/mol. The summed E-state index contributed by atoms with van der Waals surface area (Å²) in [5.74, 6) is -1.31. The van der Waals surface area contributed by atoms with Gasteiger partial charge in [-0.15, -0.1) is 0 Å². The fourth-order valence-electron chi connectivity index (χ4n) is 2.50. The number of esters is 1. The Hall–Kier alpha value is -2.20. The lowest BCUT2D eigenvalue weighted by Crippen LogP contribution is -2.30. The Labute approximate surface area is 185 Å². The van der Waals surface area contributed by atoms with E-state index in [2.05, 4.69) is 10.3 Å².